The van der Waals surface area contributed by atoms with E-state index in [-0.39, 0.29) is 17.4 Å². The lowest BCUT2D eigenvalue weighted by Crippen LogP contribution is -2.18. The van der Waals surface area contributed by atoms with E-state index in [1.807, 2.05) is 4.57 Å². The molecule has 0 saturated heterocycles. The van der Waals surface area contributed by atoms with E-state index in [0.717, 1.165) is 18.4 Å². The van der Waals surface area contributed by atoms with E-state index < -0.39 is 0 Å². The van der Waals surface area contributed by atoms with Gasteiger partial charge in [0.05, 0.1) is 23.4 Å². The van der Waals surface area contributed by atoms with E-state index in [2.05, 4.69) is 4.98 Å². The predicted octanol–water partition coefficient (Wildman–Crippen LogP) is 3.13. The minimum Gasteiger partial charge on any atom is -0.466 e. The maximum Gasteiger partial charge on any atom is 0.302 e. The van der Waals surface area contributed by atoms with Gasteiger partial charge in [-0.05, 0) is 31.0 Å². The zero-order chi connectivity index (χ0) is 16.1. The van der Waals surface area contributed by atoms with Gasteiger partial charge in [-0.2, -0.15) is 4.98 Å². The maximum atomic E-state index is 12.0. The molecule has 0 N–H and O–H groups in total. The number of hydrogen-bond acceptors (Lipinski definition) is 4. The van der Waals surface area contributed by atoms with Crippen LogP contribution in [-0.4, -0.2) is 22.1 Å². The van der Waals surface area contributed by atoms with Gasteiger partial charge in [0.1, 0.15) is 5.82 Å². The van der Waals surface area contributed by atoms with E-state index in [1.54, 1.807) is 18.2 Å². The van der Waals surface area contributed by atoms with Gasteiger partial charge in [0.2, 0.25) is 0 Å². The van der Waals surface area contributed by atoms with Crippen molar-refractivity contribution in [3.63, 3.8) is 0 Å². The fourth-order valence-corrected chi connectivity index (χ4v) is 2.60. The van der Waals surface area contributed by atoms with Crippen LogP contribution < -0.4 is 5.56 Å². The Bertz CT molecular complexity index is 743. The SMILES string of the molecule is CC(=O)OCCCCn1c(CCl)nc(=O)c2ccc(Cl)cc21. The van der Waals surface area contributed by atoms with Crippen molar-refractivity contribution >= 4 is 40.1 Å². The number of carbonyl (C=O) groups excluding carboxylic acids is 1. The summed E-state index contributed by atoms with van der Waals surface area (Å²) < 4.78 is 6.79. The van der Waals surface area contributed by atoms with Crippen LogP contribution in [0.25, 0.3) is 10.9 Å². The quantitative estimate of drug-likeness (QED) is 0.459. The molecule has 5 nitrogen and oxygen atoms in total. The van der Waals surface area contributed by atoms with Gasteiger partial charge < -0.3 is 9.30 Å². The normalized spacial score (nSPS) is 10.9. The standard InChI is InChI=1S/C15H16Cl2N2O3/c1-10(20)22-7-3-2-6-19-13-8-11(17)4-5-12(13)15(21)18-14(19)9-16/h4-5,8H,2-3,6-7,9H2,1H3. The lowest BCUT2D eigenvalue weighted by molar-refractivity contribution is -0.141. The van der Waals surface area contributed by atoms with E-state index in [0.29, 0.717) is 29.4 Å². The molecule has 0 unspecified atom stereocenters. The minimum absolute atomic E-state index is 0.141. The molecule has 2 rings (SSSR count). The van der Waals surface area contributed by atoms with Crippen LogP contribution in [0.2, 0.25) is 5.02 Å². The van der Waals surface area contributed by atoms with Crippen molar-refractivity contribution in [1.82, 2.24) is 9.55 Å². The van der Waals surface area contributed by atoms with Gasteiger partial charge in [-0.25, -0.2) is 0 Å². The molecule has 118 valence electrons. The average molecular weight is 343 g/mol. The van der Waals surface area contributed by atoms with E-state index >= 15 is 0 Å². The average Bonchev–Trinajstić information content (AvgIpc) is 2.48. The molecule has 2 aromatic rings. The molecule has 1 aromatic carbocycles. The Morgan fingerprint density at radius 3 is 2.82 bits per heavy atom. The van der Waals surface area contributed by atoms with Gasteiger partial charge in [-0.15, -0.1) is 11.6 Å². The molecule has 0 atom stereocenters. The first kappa shape index (κ1) is 16.8. The van der Waals surface area contributed by atoms with Gasteiger partial charge in [-0.3, -0.25) is 9.59 Å². The molecule has 0 saturated carbocycles. The van der Waals surface area contributed by atoms with Gasteiger partial charge >= 0.3 is 5.97 Å². The monoisotopic (exact) mass is 342 g/mol. The summed E-state index contributed by atoms with van der Waals surface area (Å²) >= 11 is 11.9. The predicted molar refractivity (Wildman–Crippen MR) is 86.4 cm³/mol. The van der Waals surface area contributed by atoms with Crippen LogP contribution in [0.3, 0.4) is 0 Å². The fourth-order valence-electron chi connectivity index (χ4n) is 2.23. The van der Waals surface area contributed by atoms with Crippen molar-refractivity contribution in [3.8, 4) is 0 Å². The number of halogens is 2. The van der Waals surface area contributed by atoms with E-state index in [1.165, 1.54) is 6.92 Å². The van der Waals surface area contributed by atoms with Gasteiger partial charge in [0.25, 0.3) is 5.56 Å². The van der Waals surface area contributed by atoms with Crippen LogP contribution in [0.4, 0.5) is 0 Å². The summed E-state index contributed by atoms with van der Waals surface area (Å²) in [4.78, 5) is 26.7. The Morgan fingerprint density at radius 1 is 1.36 bits per heavy atom. The zero-order valence-corrected chi connectivity index (χ0v) is 13.7. The molecular formula is C15H16Cl2N2O3. The Morgan fingerprint density at radius 2 is 2.14 bits per heavy atom. The number of carbonyl (C=O) groups is 1. The lowest BCUT2D eigenvalue weighted by atomic mass is 10.2. The number of benzene rings is 1. The second-order valence-corrected chi connectivity index (χ2v) is 5.53. The number of rotatable bonds is 6. The van der Waals surface area contributed by atoms with Crippen molar-refractivity contribution in [1.29, 1.82) is 0 Å². The summed E-state index contributed by atoms with van der Waals surface area (Å²) in [6, 6.07) is 5.07. The van der Waals surface area contributed by atoms with Crippen molar-refractivity contribution in [2.75, 3.05) is 6.61 Å². The third kappa shape index (κ3) is 3.99. The lowest BCUT2D eigenvalue weighted by Gasteiger charge is -2.14. The molecule has 0 fully saturated rings. The summed E-state index contributed by atoms with van der Waals surface area (Å²) in [5.41, 5.74) is 0.411. The summed E-state index contributed by atoms with van der Waals surface area (Å²) in [5, 5.41) is 1.06. The minimum atomic E-state index is -0.307. The highest BCUT2D eigenvalue weighted by molar-refractivity contribution is 6.31. The third-order valence-electron chi connectivity index (χ3n) is 3.22. The number of alkyl halides is 1. The molecule has 7 heteroatoms. The Hall–Kier alpha value is -1.59. The second kappa shape index (κ2) is 7.61. The highest BCUT2D eigenvalue weighted by Crippen LogP contribution is 2.19. The molecule has 1 aromatic heterocycles. The van der Waals surface area contributed by atoms with Crippen LogP contribution in [0, 0.1) is 0 Å². The third-order valence-corrected chi connectivity index (χ3v) is 3.70. The van der Waals surface area contributed by atoms with Crippen LogP contribution in [-0.2, 0) is 22.0 Å². The summed E-state index contributed by atoms with van der Waals surface area (Å²) in [6.07, 6.45) is 1.48. The fraction of sp³-hybridized carbons (Fsp3) is 0.400. The molecule has 0 bridgehead atoms. The number of aromatic nitrogens is 2. The first-order valence-corrected chi connectivity index (χ1v) is 7.82. The van der Waals surface area contributed by atoms with Crippen molar-refractivity contribution in [2.24, 2.45) is 0 Å². The van der Waals surface area contributed by atoms with Crippen LogP contribution in [0.15, 0.2) is 23.0 Å². The number of esters is 1. The number of ether oxygens (including phenoxy) is 1. The highest BCUT2D eigenvalue weighted by Gasteiger charge is 2.10. The molecule has 0 radical (unpaired) electrons. The Labute approximate surface area is 137 Å². The Balaban J connectivity index is 2.26. The highest BCUT2D eigenvalue weighted by atomic mass is 35.5. The molecule has 0 aliphatic heterocycles. The largest absolute Gasteiger partial charge is 0.466 e. The van der Waals surface area contributed by atoms with Crippen molar-refractivity contribution in [2.45, 2.75) is 32.2 Å². The topological polar surface area (TPSA) is 61.2 Å². The number of fused-ring (bicyclic) bond motifs is 1. The molecule has 0 spiro atoms. The van der Waals surface area contributed by atoms with Gasteiger partial charge in [0, 0.05) is 18.5 Å². The number of unbranched alkanes of at least 4 members (excludes halogenated alkanes) is 1. The summed E-state index contributed by atoms with van der Waals surface area (Å²) in [7, 11) is 0. The smallest absolute Gasteiger partial charge is 0.302 e. The van der Waals surface area contributed by atoms with Crippen molar-refractivity contribution in [3.05, 3.63) is 39.4 Å². The first-order valence-electron chi connectivity index (χ1n) is 6.91. The number of aryl methyl sites for hydroxylation is 1. The van der Waals surface area contributed by atoms with E-state index in [4.69, 9.17) is 27.9 Å². The summed E-state index contributed by atoms with van der Waals surface area (Å²) in [6.45, 7) is 2.37. The molecule has 0 aliphatic carbocycles. The number of nitrogens with zero attached hydrogens (tertiary/aromatic N) is 2. The van der Waals surface area contributed by atoms with Crippen molar-refractivity contribution < 1.29 is 9.53 Å². The second-order valence-electron chi connectivity index (χ2n) is 4.83. The molecule has 0 amide bonds. The summed E-state index contributed by atoms with van der Waals surface area (Å²) in [5.74, 6) is 0.361. The zero-order valence-electron chi connectivity index (χ0n) is 12.1. The number of hydrogen-bond donors (Lipinski definition) is 0. The molecular weight excluding hydrogens is 327 g/mol. The van der Waals surface area contributed by atoms with Crippen LogP contribution in [0.5, 0.6) is 0 Å². The Kier molecular flexibility index (Phi) is 5.80. The van der Waals surface area contributed by atoms with Crippen LogP contribution >= 0.6 is 23.2 Å². The van der Waals surface area contributed by atoms with E-state index in [9.17, 15) is 9.59 Å². The molecule has 1 heterocycles. The molecule has 0 aliphatic rings. The van der Waals surface area contributed by atoms with Crippen LogP contribution in [0.1, 0.15) is 25.6 Å². The molecule has 22 heavy (non-hydrogen) atoms. The van der Waals surface area contributed by atoms with Gasteiger partial charge in [0.15, 0.2) is 0 Å². The first-order chi connectivity index (χ1) is 10.5. The van der Waals surface area contributed by atoms with Gasteiger partial charge in [-0.1, -0.05) is 11.6 Å². The maximum absolute atomic E-state index is 12.0.